The number of hydrogen-bond donors (Lipinski definition) is 2. The van der Waals surface area contributed by atoms with Crippen molar-refractivity contribution in [3.63, 3.8) is 0 Å². The minimum atomic E-state index is -0.112. The second-order valence-electron chi connectivity index (χ2n) is 5.40. The van der Waals surface area contributed by atoms with Crippen LogP contribution in [0.5, 0.6) is 0 Å². The summed E-state index contributed by atoms with van der Waals surface area (Å²) in [6.45, 7) is 3.42. The Morgan fingerprint density at radius 3 is 2.22 bits per heavy atom. The van der Waals surface area contributed by atoms with Crippen molar-refractivity contribution in [3.8, 4) is 0 Å². The zero-order valence-electron chi connectivity index (χ0n) is 13.1. The topological polar surface area (TPSA) is 58.2 Å². The summed E-state index contributed by atoms with van der Waals surface area (Å²) in [6, 6.07) is 15.1. The number of nitrogens with one attached hydrogen (secondary N) is 2. The average Bonchev–Trinajstić information content (AvgIpc) is 2.49. The highest BCUT2D eigenvalue weighted by Gasteiger charge is 2.10. The molecule has 0 unspecified atom stereocenters. The fourth-order valence-corrected chi connectivity index (χ4v) is 2.49. The molecule has 0 aliphatic heterocycles. The van der Waals surface area contributed by atoms with Crippen molar-refractivity contribution in [1.29, 1.82) is 0 Å². The molecule has 1 atom stereocenters. The molecule has 2 amide bonds. The number of halogens is 1. The predicted molar refractivity (Wildman–Crippen MR) is 95.1 cm³/mol. The molecule has 2 aromatic carbocycles. The summed E-state index contributed by atoms with van der Waals surface area (Å²) < 4.78 is 1.01. The maximum absolute atomic E-state index is 12.1. The molecular weight excluding hydrogens is 356 g/mol. The van der Waals surface area contributed by atoms with Crippen LogP contribution in [0, 0.1) is 0 Å². The van der Waals surface area contributed by atoms with E-state index in [1.54, 1.807) is 12.1 Å². The number of hydrogen-bond acceptors (Lipinski definition) is 2. The first-order chi connectivity index (χ1) is 10.9. The molecule has 23 heavy (non-hydrogen) atoms. The minimum Gasteiger partial charge on any atom is -0.349 e. The van der Waals surface area contributed by atoms with Crippen molar-refractivity contribution < 1.29 is 9.59 Å². The molecule has 2 rings (SSSR count). The molecule has 0 radical (unpaired) electrons. The van der Waals surface area contributed by atoms with Crippen molar-refractivity contribution in [2.45, 2.75) is 26.3 Å². The van der Waals surface area contributed by atoms with Crippen LogP contribution in [0.15, 0.2) is 53.0 Å². The first-order valence-corrected chi connectivity index (χ1v) is 8.14. The van der Waals surface area contributed by atoms with Gasteiger partial charge >= 0.3 is 0 Å². The van der Waals surface area contributed by atoms with E-state index >= 15 is 0 Å². The lowest BCUT2D eigenvalue weighted by Crippen LogP contribution is -2.28. The number of carbonyl (C=O) groups is 2. The number of carbonyl (C=O) groups excluding carboxylic acids is 2. The zero-order valence-corrected chi connectivity index (χ0v) is 14.7. The number of rotatable bonds is 5. The van der Waals surface area contributed by atoms with E-state index in [0.717, 1.165) is 21.3 Å². The van der Waals surface area contributed by atoms with Crippen molar-refractivity contribution >= 4 is 33.4 Å². The SMILES string of the molecule is CC(=O)Nc1ccc(CC(=O)N[C@H](C)c2ccc(Br)cc2)cc1. The van der Waals surface area contributed by atoms with Gasteiger partial charge in [0.05, 0.1) is 12.5 Å². The van der Waals surface area contributed by atoms with Crippen LogP contribution in [0.1, 0.15) is 31.0 Å². The van der Waals surface area contributed by atoms with Gasteiger partial charge < -0.3 is 10.6 Å². The maximum Gasteiger partial charge on any atom is 0.224 e. The number of amides is 2. The van der Waals surface area contributed by atoms with Gasteiger partial charge in [-0.25, -0.2) is 0 Å². The molecule has 0 saturated heterocycles. The van der Waals surface area contributed by atoms with Gasteiger partial charge in [-0.3, -0.25) is 9.59 Å². The quantitative estimate of drug-likeness (QED) is 0.835. The highest BCUT2D eigenvalue weighted by molar-refractivity contribution is 9.10. The molecule has 4 nitrogen and oxygen atoms in total. The van der Waals surface area contributed by atoms with Gasteiger partial charge in [0.1, 0.15) is 0 Å². The van der Waals surface area contributed by atoms with Crippen LogP contribution in [0.2, 0.25) is 0 Å². The van der Waals surface area contributed by atoms with Crippen molar-refractivity contribution in [2.75, 3.05) is 5.32 Å². The Bertz CT molecular complexity index is 681. The summed E-state index contributed by atoms with van der Waals surface area (Å²) in [5, 5.41) is 5.69. The molecule has 0 fully saturated rings. The molecule has 0 spiro atoms. The van der Waals surface area contributed by atoms with Gasteiger partial charge in [-0.05, 0) is 42.3 Å². The van der Waals surface area contributed by atoms with E-state index in [1.807, 2.05) is 43.3 Å². The summed E-state index contributed by atoms with van der Waals surface area (Å²) in [5.41, 5.74) is 2.69. The Morgan fingerprint density at radius 1 is 1.04 bits per heavy atom. The van der Waals surface area contributed by atoms with E-state index in [-0.39, 0.29) is 17.9 Å². The molecule has 5 heteroatoms. The Balaban J connectivity index is 1.91. The van der Waals surface area contributed by atoms with E-state index in [4.69, 9.17) is 0 Å². The first kappa shape index (κ1) is 17.2. The molecule has 2 N–H and O–H groups in total. The molecule has 0 aromatic heterocycles. The fraction of sp³-hybridized carbons (Fsp3) is 0.222. The van der Waals surface area contributed by atoms with Crippen LogP contribution >= 0.6 is 15.9 Å². The van der Waals surface area contributed by atoms with Gasteiger partial charge in [0.25, 0.3) is 0 Å². The summed E-state index contributed by atoms with van der Waals surface area (Å²) in [7, 11) is 0. The van der Waals surface area contributed by atoms with E-state index in [1.165, 1.54) is 6.92 Å². The van der Waals surface area contributed by atoms with Gasteiger partial charge in [-0.15, -0.1) is 0 Å². The normalized spacial score (nSPS) is 11.6. The Morgan fingerprint density at radius 2 is 1.65 bits per heavy atom. The Kier molecular flexibility index (Phi) is 5.93. The van der Waals surface area contributed by atoms with Gasteiger partial charge in [-0.2, -0.15) is 0 Å². The lowest BCUT2D eigenvalue weighted by Gasteiger charge is -2.14. The van der Waals surface area contributed by atoms with Crippen LogP contribution in [-0.4, -0.2) is 11.8 Å². The monoisotopic (exact) mass is 374 g/mol. The molecule has 0 aliphatic rings. The summed E-state index contributed by atoms with van der Waals surface area (Å²) >= 11 is 3.40. The third kappa shape index (κ3) is 5.53. The second kappa shape index (κ2) is 7.92. The highest BCUT2D eigenvalue weighted by atomic mass is 79.9. The Labute approximate surface area is 144 Å². The van der Waals surface area contributed by atoms with Crippen LogP contribution in [-0.2, 0) is 16.0 Å². The fourth-order valence-electron chi connectivity index (χ4n) is 2.22. The van der Waals surface area contributed by atoms with Gasteiger partial charge in [0.2, 0.25) is 11.8 Å². The lowest BCUT2D eigenvalue weighted by molar-refractivity contribution is -0.121. The average molecular weight is 375 g/mol. The van der Waals surface area contributed by atoms with E-state index in [2.05, 4.69) is 26.6 Å². The van der Waals surface area contributed by atoms with Crippen LogP contribution in [0.25, 0.3) is 0 Å². The van der Waals surface area contributed by atoms with E-state index < -0.39 is 0 Å². The molecule has 0 aliphatic carbocycles. The summed E-state index contributed by atoms with van der Waals surface area (Å²) in [6.07, 6.45) is 0.307. The smallest absolute Gasteiger partial charge is 0.224 e. The largest absolute Gasteiger partial charge is 0.349 e. The third-order valence-electron chi connectivity index (χ3n) is 3.39. The van der Waals surface area contributed by atoms with Crippen LogP contribution in [0.4, 0.5) is 5.69 Å². The van der Waals surface area contributed by atoms with E-state index in [9.17, 15) is 9.59 Å². The molecule has 0 saturated carbocycles. The standard InChI is InChI=1S/C18H19BrN2O2/c1-12(15-5-7-16(19)8-6-15)20-18(23)11-14-3-9-17(10-4-14)21-13(2)22/h3-10,12H,11H2,1-2H3,(H,20,23)(H,21,22)/t12-/m1/s1. The molecule has 120 valence electrons. The molecular formula is C18H19BrN2O2. The van der Waals surface area contributed by atoms with Gasteiger partial charge in [0.15, 0.2) is 0 Å². The zero-order chi connectivity index (χ0) is 16.8. The minimum absolute atomic E-state index is 0.0345. The maximum atomic E-state index is 12.1. The van der Waals surface area contributed by atoms with Crippen LogP contribution in [0.3, 0.4) is 0 Å². The Hall–Kier alpha value is -2.14. The molecule has 0 heterocycles. The van der Waals surface area contributed by atoms with Gasteiger partial charge in [-0.1, -0.05) is 40.2 Å². The summed E-state index contributed by atoms with van der Waals surface area (Å²) in [4.78, 5) is 23.1. The van der Waals surface area contributed by atoms with E-state index in [0.29, 0.717) is 6.42 Å². The van der Waals surface area contributed by atoms with Crippen molar-refractivity contribution in [3.05, 3.63) is 64.1 Å². The first-order valence-electron chi connectivity index (χ1n) is 7.35. The summed E-state index contributed by atoms with van der Waals surface area (Å²) in [5.74, 6) is -0.147. The van der Waals surface area contributed by atoms with Gasteiger partial charge in [0, 0.05) is 17.1 Å². The third-order valence-corrected chi connectivity index (χ3v) is 3.92. The molecule has 0 bridgehead atoms. The number of benzene rings is 2. The van der Waals surface area contributed by atoms with Crippen LogP contribution < -0.4 is 10.6 Å². The second-order valence-corrected chi connectivity index (χ2v) is 6.31. The predicted octanol–water partition coefficient (Wildman–Crippen LogP) is 3.83. The lowest BCUT2D eigenvalue weighted by atomic mass is 10.1. The number of anilines is 1. The van der Waals surface area contributed by atoms with Crippen molar-refractivity contribution in [1.82, 2.24) is 5.32 Å². The van der Waals surface area contributed by atoms with Crippen molar-refractivity contribution in [2.24, 2.45) is 0 Å². The highest BCUT2D eigenvalue weighted by Crippen LogP contribution is 2.17. The molecule has 2 aromatic rings.